The Kier molecular flexibility index (Phi) is 4.10. The Morgan fingerprint density at radius 2 is 1.56 bits per heavy atom. The van der Waals surface area contributed by atoms with Gasteiger partial charge in [0.1, 0.15) is 0 Å². The summed E-state index contributed by atoms with van der Waals surface area (Å²) in [6.45, 7) is 0. The van der Waals surface area contributed by atoms with Crippen LogP contribution in [-0.2, 0) is 4.74 Å². The molecule has 0 aliphatic heterocycles. The molecule has 1 N–H and O–H groups in total. The zero-order chi connectivity index (χ0) is 12.8. The van der Waals surface area contributed by atoms with Crippen LogP contribution in [0.1, 0.15) is 22.1 Å². The maximum Gasteiger partial charge on any atom is 0.253 e. The second-order valence-corrected chi connectivity index (χ2v) is 3.87. The van der Waals surface area contributed by atoms with E-state index in [1.165, 1.54) is 0 Å². The van der Waals surface area contributed by atoms with Gasteiger partial charge in [-0.1, -0.05) is 48.5 Å². The number of ether oxygens (including phenoxy) is 1. The number of rotatable bonds is 4. The average molecular weight is 241 g/mol. The Balaban J connectivity index is 2.10. The number of methoxy groups -OCH3 is 1. The molecule has 0 saturated heterocycles. The number of carbonyl (C=O) groups excluding carboxylic acids is 1. The van der Waals surface area contributed by atoms with Crippen LogP contribution in [0.15, 0.2) is 60.7 Å². The van der Waals surface area contributed by atoms with E-state index in [2.05, 4.69) is 5.32 Å². The summed E-state index contributed by atoms with van der Waals surface area (Å²) in [6.07, 6.45) is -0.432. The molecule has 0 aliphatic rings. The van der Waals surface area contributed by atoms with Gasteiger partial charge in [-0.25, -0.2) is 0 Å². The van der Waals surface area contributed by atoms with Crippen LogP contribution in [0.2, 0.25) is 0 Å². The van der Waals surface area contributed by atoms with Crippen LogP contribution in [0.25, 0.3) is 0 Å². The predicted molar refractivity (Wildman–Crippen MR) is 70.1 cm³/mol. The summed E-state index contributed by atoms with van der Waals surface area (Å²) < 4.78 is 5.30. The van der Waals surface area contributed by atoms with Gasteiger partial charge in [-0.15, -0.1) is 0 Å². The summed E-state index contributed by atoms with van der Waals surface area (Å²) in [6, 6.07) is 18.7. The summed E-state index contributed by atoms with van der Waals surface area (Å²) >= 11 is 0. The molecular weight excluding hydrogens is 226 g/mol. The largest absolute Gasteiger partial charge is 0.357 e. The molecule has 0 radical (unpaired) electrons. The number of hydrogen-bond acceptors (Lipinski definition) is 2. The summed E-state index contributed by atoms with van der Waals surface area (Å²) in [5.41, 5.74) is 1.54. The van der Waals surface area contributed by atoms with Gasteiger partial charge in [-0.3, -0.25) is 4.79 Å². The minimum absolute atomic E-state index is 0.147. The van der Waals surface area contributed by atoms with Crippen LogP contribution < -0.4 is 5.32 Å². The fraction of sp³-hybridized carbons (Fsp3) is 0.133. The zero-order valence-electron chi connectivity index (χ0n) is 10.2. The van der Waals surface area contributed by atoms with Crippen molar-refractivity contribution in [2.24, 2.45) is 0 Å². The molecule has 0 saturated carbocycles. The molecule has 0 aromatic heterocycles. The molecule has 2 rings (SSSR count). The normalized spacial score (nSPS) is 11.8. The van der Waals surface area contributed by atoms with Crippen molar-refractivity contribution >= 4 is 5.91 Å². The highest BCUT2D eigenvalue weighted by molar-refractivity contribution is 5.94. The van der Waals surface area contributed by atoms with Gasteiger partial charge in [-0.05, 0) is 12.1 Å². The lowest BCUT2D eigenvalue weighted by atomic mass is 10.1. The number of carbonyl (C=O) groups is 1. The van der Waals surface area contributed by atoms with E-state index in [1.54, 1.807) is 19.2 Å². The number of nitrogens with one attached hydrogen (secondary N) is 1. The molecule has 3 nitrogen and oxygen atoms in total. The van der Waals surface area contributed by atoms with Gasteiger partial charge in [0.15, 0.2) is 6.23 Å². The smallest absolute Gasteiger partial charge is 0.253 e. The highest BCUT2D eigenvalue weighted by Gasteiger charge is 2.14. The van der Waals surface area contributed by atoms with Crippen LogP contribution in [0, 0.1) is 0 Å². The second kappa shape index (κ2) is 5.98. The maximum atomic E-state index is 12.0. The quantitative estimate of drug-likeness (QED) is 0.836. The average Bonchev–Trinajstić information content (AvgIpc) is 2.46. The highest BCUT2D eigenvalue weighted by atomic mass is 16.5. The van der Waals surface area contributed by atoms with Gasteiger partial charge in [-0.2, -0.15) is 0 Å². The molecule has 0 heterocycles. The van der Waals surface area contributed by atoms with Crippen molar-refractivity contribution in [1.82, 2.24) is 5.32 Å². The summed E-state index contributed by atoms with van der Waals surface area (Å²) in [5.74, 6) is -0.147. The lowest BCUT2D eigenvalue weighted by Gasteiger charge is -2.17. The van der Waals surface area contributed by atoms with Crippen molar-refractivity contribution in [3.05, 3.63) is 71.8 Å². The number of hydrogen-bond donors (Lipinski definition) is 1. The van der Waals surface area contributed by atoms with Gasteiger partial charge in [0.25, 0.3) is 5.91 Å². The standard InChI is InChI=1S/C15H15NO2/c1-18-15(13-10-6-3-7-11-13)16-14(17)12-8-4-2-5-9-12/h2-11,15H,1H3,(H,16,17)/t15-/m1/s1. The fourth-order valence-corrected chi connectivity index (χ4v) is 1.70. The molecule has 92 valence electrons. The molecule has 0 unspecified atom stereocenters. The minimum atomic E-state index is -0.432. The third kappa shape index (κ3) is 2.96. The van der Waals surface area contributed by atoms with Crippen molar-refractivity contribution in [2.75, 3.05) is 7.11 Å². The molecule has 0 aliphatic carbocycles. The lowest BCUT2D eigenvalue weighted by Crippen LogP contribution is -2.29. The van der Waals surface area contributed by atoms with Gasteiger partial charge in [0, 0.05) is 18.2 Å². The fourth-order valence-electron chi connectivity index (χ4n) is 1.70. The minimum Gasteiger partial charge on any atom is -0.357 e. The summed E-state index contributed by atoms with van der Waals surface area (Å²) in [4.78, 5) is 12.0. The van der Waals surface area contributed by atoms with Crippen molar-refractivity contribution in [3.8, 4) is 0 Å². The van der Waals surface area contributed by atoms with Crippen molar-refractivity contribution < 1.29 is 9.53 Å². The van der Waals surface area contributed by atoms with Crippen LogP contribution in [-0.4, -0.2) is 13.0 Å². The Labute approximate surface area is 106 Å². The van der Waals surface area contributed by atoms with Crippen LogP contribution in [0.5, 0.6) is 0 Å². The second-order valence-electron chi connectivity index (χ2n) is 3.87. The highest BCUT2D eigenvalue weighted by Crippen LogP contribution is 2.13. The Morgan fingerprint density at radius 1 is 1.00 bits per heavy atom. The van der Waals surface area contributed by atoms with E-state index in [-0.39, 0.29) is 5.91 Å². The van der Waals surface area contributed by atoms with Gasteiger partial charge < -0.3 is 10.1 Å². The van der Waals surface area contributed by atoms with Gasteiger partial charge in [0.2, 0.25) is 0 Å². The SMILES string of the molecule is CO[C@@H](NC(=O)c1ccccc1)c1ccccc1. The maximum absolute atomic E-state index is 12.0. The summed E-state index contributed by atoms with van der Waals surface area (Å²) in [5, 5.41) is 2.84. The monoisotopic (exact) mass is 241 g/mol. The molecule has 0 bridgehead atoms. The third-order valence-corrected chi connectivity index (χ3v) is 2.64. The molecule has 0 fully saturated rings. The van der Waals surface area contributed by atoms with E-state index in [0.29, 0.717) is 5.56 Å². The molecule has 1 amide bonds. The zero-order valence-corrected chi connectivity index (χ0v) is 10.2. The number of benzene rings is 2. The summed E-state index contributed by atoms with van der Waals surface area (Å²) in [7, 11) is 1.57. The molecular formula is C15H15NO2. The van der Waals surface area contributed by atoms with E-state index in [9.17, 15) is 4.79 Å². The first-order valence-electron chi connectivity index (χ1n) is 5.75. The van der Waals surface area contributed by atoms with E-state index in [0.717, 1.165) is 5.56 Å². The molecule has 2 aromatic rings. The molecule has 2 aromatic carbocycles. The van der Waals surface area contributed by atoms with Crippen LogP contribution in [0.3, 0.4) is 0 Å². The van der Waals surface area contributed by atoms with Crippen LogP contribution >= 0.6 is 0 Å². The Bertz CT molecular complexity index is 496. The lowest BCUT2D eigenvalue weighted by molar-refractivity contribution is 0.0575. The van der Waals surface area contributed by atoms with Crippen molar-refractivity contribution in [2.45, 2.75) is 6.23 Å². The van der Waals surface area contributed by atoms with Gasteiger partial charge in [0.05, 0.1) is 0 Å². The Hall–Kier alpha value is -2.13. The first-order chi connectivity index (χ1) is 8.81. The van der Waals surface area contributed by atoms with Crippen LogP contribution in [0.4, 0.5) is 0 Å². The first-order valence-corrected chi connectivity index (χ1v) is 5.75. The molecule has 3 heteroatoms. The van der Waals surface area contributed by atoms with E-state index in [1.807, 2.05) is 48.5 Å². The van der Waals surface area contributed by atoms with E-state index in [4.69, 9.17) is 4.74 Å². The van der Waals surface area contributed by atoms with E-state index < -0.39 is 6.23 Å². The Morgan fingerprint density at radius 3 is 2.11 bits per heavy atom. The predicted octanol–water partition coefficient (Wildman–Crippen LogP) is 2.76. The molecule has 0 spiro atoms. The first kappa shape index (κ1) is 12.3. The van der Waals surface area contributed by atoms with Gasteiger partial charge >= 0.3 is 0 Å². The number of amides is 1. The molecule has 1 atom stereocenters. The third-order valence-electron chi connectivity index (χ3n) is 2.64. The van der Waals surface area contributed by atoms with E-state index >= 15 is 0 Å². The van der Waals surface area contributed by atoms with Crippen molar-refractivity contribution in [3.63, 3.8) is 0 Å². The topological polar surface area (TPSA) is 38.3 Å². The molecule has 18 heavy (non-hydrogen) atoms. The van der Waals surface area contributed by atoms with Crippen molar-refractivity contribution in [1.29, 1.82) is 0 Å².